The van der Waals surface area contributed by atoms with Gasteiger partial charge < -0.3 is 9.13 Å². The number of carbonyl (C=O) groups excluding carboxylic acids is 1. The highest BCUT2D eigenvalue weighted by atomic mass is 32.2. The number of nitrogens with zero attached hydrogens (tertiary/aromatic N) is 5. The van der Waals surface area contributed by atoms with E-state index in [4.69, 9.17) is 0 Å². The molecule has 0 atom stereocenters. The molecule has 24 heavy (non-hydrogen) atoms. The highest BCUT2D eigenvalue weighted by Crippen LogP contribution is 2.13. The number of benzene rings is 1. The molecule has 0 bridgehead atoms. The number of carbonyl (C=O) groups is 1. The van der Waals surface area contributed by atoms with Gasteiger partial charge in [-0.25, -0.2) is 0 Å². The minimum absolute atomic E-state index is 0.178. The van der Waals surface area contributed by atoms with Crippen molar-refractivity contribution < 1.29 is 4.79 Å². The zero-order valence-corrected chi connectivity index (χ0v) is 15.0. The van der Waals surface area contributed by atoms with E-state index in [9.17, 15) is 4.79 Å². The Morgan fingerprint density at radius 2 is 2.12 bits per heavy atom. The molecular formula is C16H17N5OS2. The van der Waals surface area contributed by atoms with Crippen LogP contribution in [-0.2, 0) is 18.4 Å². The first kappa shape index (κ1) is 16.7. The smallest absolute Gasteiger partial charge is 0.258 e. The molecular weight excluding hydrogens is 342 g/mol. The van der Waals surface area contributed by atoms with E-state index in [0.717, 1.165) is 0 Å². The molecule has 0 saturated heterocycles. The Bertz CT molecular complexity index is 892. The average Bonchev–Trinajstić information content (AvgIpc) is 3.17. The van der Waals surface area contributed by atoms with E-state index in [2.05, 4.69) is 46.4 Å². The van der Waals surface area contributed by atoms with Crippen molar-refractivity contribution in [3.63, 3.8) is 0 Å². The van der Waals surface area contributed by atoms with E-state index in [1.807, 2.05) is 23.2 Å². The lowest BCUT2D eigenvalue weighted by atomic mass is 10.1. The van der Waals surface area contributed by atoms with Gasteiger partial charge in [-0.15, -0.1) is 21.5 Å². The minimum Gasteiger partial charge on any atom is -0.319 e. The minimum atomic E-state index is -0.178. The molecule has 0 fully saturated rings. The van der Waals surface area contributed by atoms with Gasteiger partial charge in [0.15, 0.2) is 9.96 Å². The molecule has 1 amide bonds. The third-order valence-electron chi connectivity index (χ3n) is 3.35. The van der Waals surface area contributed by atoms with Crippen LogP contribution < -0.4 is 4.80 Å². The molecule has 2 heterocycles. The number of aryl methyl sites for hydroxylation is 2. The quantitative estimate of drug-likeness (QED) is 0.656. The highest BCUT2D eigenvalue weighted by molar-refractivity contribution is 7.99. The molecule has 3 rings (SSSR count). The van der Waals surface area contributed by atoms with E-state index < -0.39 is 0 Å². The second-order valence-corrected chi connectivity index (χ2v) is 7.13. The van der Waals surface area contributed by atoms with Crippen LogP contribution in [0.1, 0.15) is 11.1 Å². The Labute approximate surface area is 147 Å². The van der Waals surface area contributed by atoms with Crippen LogP contribution in [0.5, 0.6) is 0 Å². The molecule has 1 aromatic carbocycles. The second-order valence-electron chi connectivity index (χ2n) is 5.32. The predicted octanol–water partition coefficient (Wildman–Crippen LogP) is 2.25. The summed E-state index contributed by atoms with van der Waals surface area (Å²) in [4.78, 5) is 17.0. The van der Waals surface area contributed by atoms with E-state index in [0.29, 0.717) is 16.5 Å². The maximum absolute atomic E-state index is 12.1. The first-order valence-corrected chi connectivity index (χ1v) is 9.22. The van der Waals surface area contributed by atoms with Gasteiger partial charge in [0.05, 0.1) is 5.75 Å². The first-order chi connectivity index (χ1) is 11.6. The van der Waals surface area contributed by atoms with Gasteiger partial charge in [-0.1, -0.05) is 41.6 Å². The van der Waals surface area contributed by atoms with Gasteiger partial charge in [0.2, 0.25) is 0 Å². The van der Waals surface area contributed by atoms with Crippen molar-refractivity contribution in [3.8, 4) is 0 Å². The number of aromatic nitrogens is 4. The number of hydrogen-bond donors (Lipinski definition) is 0. The van der Waals surface area contributed by atoms with E-state index >= 15 is 0 Å². The molecule has 0 aliphatic heterocycles. The standard InChI is InChI=1S/C16H17N5OS2/c1-12-3-5-13(6-4-12)9-21-7-8-23-15(21)18-14(22)10-24-16-19-17-11-20(16)2/h3-8,11H,9-10H2,1-2H3. The number of rotatable bonds is 5. The van der Waals surface area contributed by atoms with Crippen LogP contribution in [0.25, 0.3) is 0 Å². The normalized spacial score (nSPS) is 11.8. The van der Waals surface area contributed by atoms with Crippen LogP contribution in [0, 0.1) is 6.92 Å². The monoisotopic (exact) mass is 359 g/mol. The lowest BCUT2D eigenvalue weighted by Gasteiger charge is -2.03. The summed E-state index contributed by atoms with van der Waals surface area (Å²) < 4.78 is 3.76. The Hall–Kier alpha value is -2.19. The second kappa shape index (κ2) is 7.59. The lowest BCUT2D eigenvalue weighted by Crippen LogP contribution is -2.17. The van der Waals surface area contributed by atoms with Crippen LogP contribution in [0.3, 0.4) is 0 Å². The summed E-state index contributed by atoms with van der Waals surface area (Å²) in [5.74, 6) is 0.0673. The highest BCUT2D eigenvalue weighted by Gasteiger charge is 2.07. The third kappa shape index (κ3) is 4.21. The Balaban J connectivity index is 1.69. The summed E-state index contributed by atoms with van der Waals surface area (Å²) in [6.07, 6.45) is 3.56. The summed E-state index contributed by atoms with van der Waals surface area (Å²) in [6.45, 7) is 2.77. The van der Waals surface area contributed by atoms with Crippen molar-refractivity contribution >= 4 is 29.0 Å². The zero-order valence-electron chi connectivity index (χ0n) is 13.4. The number of hydrogen-bond acceptors (Lipinski definition) is 5. The van der Waals surface area contributed by atoms with Crippen molar-refractivity contribution in [1.29, 1.82) is 0 Å². The van der Waals surface area contributed by atoms with E-state index in [1.165, 1.54) is 34.2 Å². The van der Waals surface area contributed by atoms with Crippen molar-refractivity contribution in [2.45, 2.75) is 18.6 Å². The summed E-state index contributed by atoms with van der Waals surface area (Å²) in [6, 6.07) is 8.36. The van der Waals surface area contributed by atoms with Crippen LogP contribution in [0.2, 0.25) is 0 Å². The Morgan fingerprint density at radius 3 is 2.83 bits per heavy atom. The fourth-order valence-corrected chi connectivity index (χ4v) is 3.48. The molecule has 0 radical (unpaired) electrons. The predicted molar refractivity (Wildman–Crippen MR) is 94.9 cm³/mol. The van der Waals surface area contributed by atoms with Crippen LogP contribution in [0.15, 0.2) is 52.3 Å². The fraction of sp³-hybridized carbons (Fsp3) is 0.250. The van der Waals surface area contributed by atoms with Gasteiger partial charge in [-0.05, 0) is 12.5 Å². The van der Waals surface area contributed by atoms with E-state index in [1.54, 1.807) is 10.9 Å². The topological polar surface area (TPSA) is 65.1 Å². The van der Waals surface area contributed by atoms with Gasteiger partial charge in [0.1, 0.15) is 6.33 Å². The van der Waals surface area contributed by atoms with Crippen LogP contribution in [0.4, 0.5) is 0 Å². The van der Waals surface area contributed by atoms with Gasteiger partial charge in [-0.2, -0.15) is 4.99 Å². The molecule has 0 aliphatic carbocycles. The molecule has 8 heteroatoms. The molecule has 0 saturated carbocycles. The molecule has 0 aliphatic rings. The number of thiazole rings is 1. The average molecular weight is 359 g/mol. The molecule has 6 nitrogen and oxygen atoms in total. The van der Waals surface area contributed by atoms with Gasteiger partial charge in [0.25, 0.3) is 5.91 Å². The van der Waals surface area contributed by atoms with Gasteiger partial charge >= 0.3 is 0 Å². The molecule has 0 unspecified atom stereocenters. The SMILES string of the molecule is Cc1ccc(Cn2ccsc2=NC(=O)CSc2nncn2C)cc1. The zero-order chi connectivity index (χ0) is 16.9. The van der Waals surface area contributed by atoms with Crippen LogP contribution in [-0.4, -0.2) is 31.0 Å². The summed E-state index contributed by atoms with van der Waals surface area (Å²) in [5.41, 5.74) is 2.41. The van der Waals surface area contributed by atoms with Crippen molar-refractivity contribution in [2.75, 3.05) is 5.75 Å². The van der Waals surface area contributed by atoms with E-state index in [-0.39, 0.29) is 11.7 Å². The van der Waals surface area contributed by atoms with Crippen molar-refractivity contribution in [1.82, 2.24) is 19.3 Å². The lowest BCUT2D eigenvalue weighted by molar-refractivity contribution is -0.115. The summed E-state index contributed by atoms with van der Waals surface area (Å²) >= 11 is 2.80. The largest absolute Gasteiger partial charge is 0.319 e. The first-order valence-electron chi connectivity index (χ1n) is 7.35. The summed E-state index contributed by atoms with van der Waals surface area (Å²) in [7, 11) is 1.85. The van der Waals surface area contributed by atoms with Crippen molar-refractivity contribution in [2.24, 2.45) is 12.0 Å². The maximum Gasteiger partial charge on any atom is 0.258 e. The van der Waals surface area contributed by atoms with Gasteiger partial charge in [-0.3, -0.25) is 4.79 Å². The molecule has 2 aromatic heterocycles. The molecule has 3 aromatic rings. The Kier molecular flexibility index (Phi) is 5.27. The number of thioether (sulfide) groups is 1. The maximum atomic E-state index is 12.1. The van der Waals surface area contributed by atoms with Gasteiger partial charge in [0, 0.05) is 25.2 Å². The van der Waals surface area contributed by atoms with Crippen LogP contribution >= 0.6 is 23.1 Å². The third-order valence-corrected chi connectivity index (χ3v) is 5.16. The Morgan fingerprint density at radius 1 is 1.33 bits per heavy atom. The fourth-order valence-electron chi connectivity index (χ4n) is 2.07. The molecule has 0 N–H and O–H groups in total. The molecule has 124 valence electrons. The summed E-state index contributed by atoms with van der Waals surface area (Å²) in [5, 5.41) is 10.4. The molecule has 0 spiro atoms. The number of amides is 1. The van der Waals surface area contributed by atoms with Crippen molar-refractivity contribution in [3.05, 3.63) is 58.1 Å².